The molecule has 0 radical (unpaired) electrons. The molecule has 0 aromatic heterocycles. The Kier molecular flexibility index (Phi) is 6.33. The van der Waals surface area contributed by atoms with Gasteiger partial charge in [0.1, 0.15) is 0 Å². The van der Waals surface area contributed by atoms with Gasteiger partial charge in [0.15, 0.2) is 0 Å². The number of hydrogen-bond acceptors (Lipinski definition) is 3. The number of amides is 1. The van der Waals surface area contributed by atoms with Crippen molar-refractivity contribution in [2.24, 2.45) is 0 Å². The Morgan fingerprint density at radius 1 is 0.906 bits per heavy atom. The lowest BCUT2D eigenvalue weighted by Crippen LogP contribution is -2.35. The predicted octanol–water partition coefficient (Wildman–Crippen LogP) is 4.58. The summed E-state index contributed by atoms with van der Waals surface area (Å²) in [6.07, 6.45) is 3.45. The van der Waals surface area contributed by atoms with E-state index in [0.29, 0.717) is 12.2 Å². The van der Waals surface area contributed by atoms with Crippen LogP contribution in [0.5, 0.6) is 0 Å². The molecule has 0 heterocycles. The highest BCUT2D eigenvalue weighted by Crippen LogP contribution is 2.48. The van der Waals surface area contributed by atoms with E-state index in [-0.39, 0.29) is 10.8 Å². The number of anilines is 1. The fraction of sp³-hybridized carbons (Fsp3) is 0.269. The van der Waals surface area contributed by atoms with Crippen LogP contribution in [0.2, 0.25) is 0 Å². The van der Waals surface area contributed by atoms with Gasteiger partial charge in [0.25, 0.3) is 10.0 Å². The molecule has 4 rings (SSSR count). The third-order valence-corrected chi connectivity index (χ3v) is 7.37. The molecule has 1 fully saturated rings. The summed E-state index contributed by atoms with van der Waals surface area (Å²) in [6.45, 7) is 2.56. The van der Waals surface area contributed by atoms with Crippen LogP contribution < -0.4 is 10.0 Å². The lowest BCUT2D eigenvalue weighted by Gasteiger charge is -2.17. The molecule has 0 aliphatic heterocycles. The molecular weight excluding hydrogens is 420 g/mol. The van der Waals surface area contributed by atoms with Crippen LogP contribution in [0.1, 0.15) is 36.0 Å². The van der Waals surface area contributed by atoms with Gasteiger partial charge in [-0.05, 0) is 68.0 Å². The second-order valence-electron chi connectivity index (χ2n) is 8.42. The maximum absolute atomic E-state index is 12.8. The molecule has 0 bridgehead atoms. The number of sulfonamides is 1. The third-order valence-electron chi connectivity index (χ3n) is 5.98. The Labute approximate surface area is 189 Å². The first-order valence-electron chi connectivity index (χ1n) is 10.9. The van der Waals surface area contributed by atoms with Crippen LogP contribution in [0.3, 0.4) is 0 Å². The van der Waals surface area contributed by atoms with Gasteiger partial charge in [-0.3, -0.25) is 9.52 Å². The summed E-state index contributed by atoms with van der Waals surface area (Å²) < 4.78 is 27.8. The van der Waals surface area contributed by atoms with Crippen molar-refractivity contribution in [1.29, 1.82) is 0 Å². The van der Waals surface area contributed by atoms with E-state index in [2.05, 4.69) is 22.2 Å². The highest BCUT2D eigenvalue weighted by atomic mass is 32.2. The number of rotatable bonds is 9. The van der Waals surface area contributed by atoms with Gasteiger partial charge in [0.05, 0.1) is 10.3 Å². The van der Waals surface area contributed by atoms with E-state index in [1.807, 2.05) is 37.3 Å². The van der Waals surface area contributed by atoms with Crippen LogP contribution in [0.15, 0.2) is 83.8 Å². The summed E-state index contributed by atoms with van der Waals surface area (Å²) in [5.74, 6) is 0.0542. The largest absolute Gasteiger partial charge is 0.355 e. The molecule has 166 valence electrons. The predicted molar refractivity (Wildman–Crippen MR) is 127 cm³/mol. The molecular formula is C26H28N2O3S. The van der Waals surface area contributed by atoms with Crippen molar-refractivity contribution < 1.29 is 13.2 Å². The van der Waals surface area contributed by atoms with Crippen LogP contribution in [0, 0.1) is 6.92 Å². The zero-order chi connectivity index (χ0) is 22.6. The number of carbonyl (C=O) groups is 1. The van der Waals surface area contributed by atoms with Gasteiger partial charge >= 0.3 is 0 Å². The topological polar surface area (TPSA) is 75.3 Å². The third kappa shape index (κ3) is 5.02. The summed E-state index contributed by atoms with van der Waals surface area (Å²) in [5, 5.41) is 3.08. The first kappa shape index (κ1) is 22.1. The van der Waals surface area contributed by atoms with Gasteiger partial charge in [-0.25, -0.2) is 8.42 Å². The van der Waals surface area contributed by atoms with E-state index in [1.165, 1.54) is 5.56 Å². The second-order valence-corrected chi connectivity index (χ2v) is 10.1. The zero-order valence-corrected chi connectivity index (χ0v) is 19.0. The fourth-order valence-electron chi connectivity index (χ4n) is 3.87. The number of nitrogens with one attached hydrogen (secondary N) is 2. The van der Waals surface area contributed by atoms with E-state index in [0.717, 1.165) is 36.8 Å². The minimum Gasteiger partial charge on any atom is -0.355 e. The van der Waals surface area contributed by atoms with Crippen molar-refractivity contribution in [1.82, 2.24) is 5.32 Å². The van der Waals surface area contributed by atoms with Gasteiger partial charge in [-0.15, -0.1) is 0 Å². The van der Waals surface area contributed by atoms with E-state index in [9.17, 15) is 13.2 Å². The SMILES string of the molecule is Cc1ccc(S(=O)(=O)Nc2ccc(C3(C(=O)NCCCc4ccccc4)CC3)cc2)cc1. The second kappa shape index (κ2) is 9.17. The quantitative estimate of drug-likeness (QED) is 0.471. The minimum atomic E-state index is -3.65. The Balaban J connectivity index is 1.34. The summed E-state index contributed by atoms with van der Waals surface area (Å²) in [5.41, 5.74) is 3.19. The maximum atomic E-state index is 12.8. The van der Waals surface area contributed by atoms with Crippen molar-refractivity contribution in [2.45, 2.75) is 42.9 Å². The molecule has 1 amide bonds. The maximum Gasteiger partial charge on any atom is 0.261 e. The molecule has 5 nitrogen and oxygen atoms in total. The lowest BCUT2D eigenvalue weighted by atomic mass is 9.94. The van der Waals surface area contributed by atoms with Gasteiger partial charge in [-0.1, -0.05) is 60.2 Å². The number of hydrogen-bond donors (Lipinski definition) is 2. The molecule has 6 heteroatoms. The van der Waals surface area contributed by atoms with Crippen LogP contribution in [-0.2, 0) is 26.7 Å². The monoisotopic (exact) mass is 448 g/mol. The molecule has 3 aromatic rings. The van der Waals surface area contributed by atoms with E-state index >= 15 is 0 Å². The molecule has 0 atom stereocenters. The standard InChI is InChI=1S/C26H28N2O3S/c1-20-9-15-24(16-10-20)32(30,31)28-23-13-11-22(12-14-23)26(17-18-26)25(29)27-19-5-8-21-6-3-2-4-7-21/h2-4,6-7,9-16,28H,5,8,17-19H2,1H3,(H,27,29). The number of benzene rings is 3. The molecule has 0 saturated heterocycles. The first-order valence-corrected chi connectivity index (χ1v) is 12.4. The molecule has 0 unspecified atom stereocenters. The van der Waals surface area contributed by atoms with Crippen LogP contribution in [0.25, 0.3) is 0 Å². The Hall–Kier alpha value is -3.12. The molecule has 1 saturated carbocycles. The molecule has 0 spiro atoms. The lowest BCUT2D eigenvalue weighted by molar-refractivity contribution is -0.123. The molecule has 32 heavy (non-hydrogen) atoms. The highest BCUT2D eigenvalue weighted by Gasteiger charge is 2.51. The summed E-state index contributed by atoms with van der Waals surface area (Å²) in [4.78, 5) is 13.1. The molecule has 2 N–H and O–H groups in total. The average molecular weight is 449 g/mol. The molecule has 3 aromatic carbocycles. The van der Waals surface area contributed by atoms with Crippen molar-refractivity contribution in [3.8, 4) is 0 Å². The normalized spacial score (nSPS) is 14.5. The van der Waals surface area contributed by atoms with E-state index in [1.54, 1.807) is 36.4 Å². The molecule has 1 aliphatic carbocycles. The van der Waals surface area contributed by atoms with Gasteiger partial charge in [-0.2, -0.15) is 0 Å². The smallest absolute Gasteiger partial charge is 0.261 e. The van der Waals surface area contributed by atoms with Crippen molar-refractivity contribution >= 4 is 21.6 Å². The Morgan fingerprint density at radius 3 is 2.19 bits per heavy atom. The van der Waals surface area contributed by atoms with Crippen LogP contribution in [-0.4, -0.2) is 20.9 Å². The molecule has 1 aliphatic rings. The van der Waals surface area contributed by atoms with Crippen LogP contribution in [0.4, 0.5) is 5.69 Å². The fourth-order valence-corrected chi connectivity index (χ4v) is 4.93. The summed E-state index contributed by atoms with van der Waals surface area (Å²) in [7, 11) is -3.65. The van der Waals surface area contributed by atoms with Gasteiger partial charge < -0.3 is 5.32 Å². The van der Waals surface area contributed by atoms with Gasteiger partial charge in [0.2, 0.25) is 5.91 Å². The van der Waals surface area contributed by atoms with E-state index in [4.69, 9.17) is 0 Å². The zero-order valence-electron chi connectivity index (χ0n) is 18.2. The first-order chi connectivity index (χ1) is 15.4. The van der Waals surface area contributed by atoms with Crippen molar-refractivity contribution in [3.63, 3.8) is 0 Å². The summed E-state index contributed by atoms with van der Waals surface area (Å²) in [6, 6.07) is 24.1. The minimum absolute atomic E-state index is 0.0542. The Morgan fingerprint density at radius 2 is 1.56 bits per heavy atom. The number of aryl methyl sites for hydroxylation is 2. The van der Waals surface area contributed by atoms with Gasteiger partial charge in [0, 0.05) is 12.2 Å². The highest BCUT2D eigenvalue weighted by molar-refractivity contribution is 7.92. The Bertz CT molecular complexity index is 1170. The number of carbonyl (C=O) groups excluding carboxylic acids is 1. The van der Waals surface area contributed by atoms with Crippen LogP contribution >= 0.6 is 0 Å². The van der Waals surface area contributed by atoms with E-state index < -0.39 is 15.4 Å². The summed E-state index contributed by atoms with van der Waals surface area (Å²) >= 11 is 0. The average Bonchev–Trinajstić information content (AvgIpc) is 3.60. The van der Waals surface area contributed by atoms with Crippen molar-refractivity contribution in [2.75, 3.05) is 11.3 Å². The van der Waals surface area contributed by atoms with Crippen molar-refractivity contribution in [3.05, 3.63) is 95.6 Å².